The summed E-state index contributed by atoms with van der Waals surface area (Å²) in [6.45, 7) is -0.833. The number of allylic oxidation sites excluding steroid dienone is 1. The number of hydrogen-bond donors (Lipinski definition) is 1. The second kappa shape index (κ2) is 9.11. The molecule has 0 spiro atoms. The minimum Gasteiger partial charge on any atom is -0.433 e. The van der Waals surface area contributed by atoms with E-state index in [0.717, 1.165) is 17.7 Å². The highest BCUT2D eigenvalue weighted by atomic mass is 32.1. The number of anilines is 1. The van der Waals surface area contributed by atoms with E-state index in [1.807, 2.05) is 17.5 Å². The quantitative estimate of drug-likeness (QED) is 0.501. The first-order valence-electron chi connectivity index (χ1n) is 8.56. The molecule has 4 nitrogen and oxygen atoms in total. The van der Waals surface area contributed by atoms with E-state index < -0.39 is 6.61 Å². The predicted octanol–water partition coefficient (Wildman–Crippen LogP) is 5.95. The maximum atomic E-state index is 12.5. The topological polar surface area (TPSA) is 57.9 Å². The number of alkyl halides is 2. The molecule has 0 aliphatic heterocycles. The third kappa shape index (κ3) is 4.72. The van der Waals surface area contributed by atoms with Gasteiger partial charge < -0.3 is 10.1 Å². The van der Waals surface area contributed by atoms with E-state index in [-0.39, 0.29) is 5.75 Å². The van der Waals surface area contributed by atoms with E-state index in [4.69, 9.17) is 0 Å². The molecule has 142 valence electrons. The van der Waals surface area contributed by atoms with Crippen molar-refractivity contribution in [2.75, 3.05) is 5.32 Å². The summed E-state index contributed by atoms with van der Waals surface area (Å²) in [4.78, 5) is 4.53. The number of rotatable bonds is 7. The lowest BCUT2D eigenvalue weighted by Gasteiger charge is -2.10. The van der Waals surface area contributed by atoms with Crippen LogP contribution in [0.25, 0.3) is 16.8 Å². The molecule has 0 saturated carbocycles. The fourth-order valence-electron chi connectivity index (χ4n) is 2.52. The number of aromatic nitrogens is 1. The van der Waals surface area contributed by atoms with E-state index in [1.54, 1.807) is 18.2 Å². The van der Waals surface area contributed by atoms with Gasteiger partial charge in [0.1, 0.15) is 22.4 Å². The van der Waals surface area contributed by atoms with Gasteiger partial charge in [-0.2, -0.15) is 14.0 Å². The Morgan fingerprint density at radius 3 is 2.68 bits per heavy atom. The van der Waals surface area contributed by atoms with Gasteiger partial charge in [-0.1, -0.05) is 43.3 Å². The van der Waals surface area contributed by atoms with Crippen molar-refractivity contribution in [2.24, 2.45) is 0 Å². The van der Waals surface area contributed by atoms with Crippen LogP contribution >= 0.6 is 11.3 Å². The highest BCUT2D eigenvalue weighted by Crippen LogP contribution is 2.28. The normalized spacial score (nSPS) is 11.3. The van der Waals surface area contributed by atoms with Crippen LogP contribution < -0.4 is 10.1 Å². The van der Waals surface area contributed by atoms with Gasteiger partial charge in [0, 0.05) is 17.1 Å². The minimum atomic E-state index is -2.93. The van der Waals surface area contributed by atoms with Gasteiger partial charge in [0.05, 0.1) is 11.4 Å². The highest BCUT2D eigenvalue weighted by molar-refractivity contribution is 7.11. The molecule has 0 bridgehead atoms. The molecule has 1 N–H and O–H groups in total. The summed E-state index contributed by atoms with van der Waals surface area (Å²) >= 11 is 1.34. The zero-order valence-electron chi connectivity index (χ0n) is 15.0. The molecule has 0 radical (unpaired) electrons. The Hall–Kier alpha value is -3.24. The van der Waals surface area contributed by atoms with E-state index in [0.29, 0.717) is 16.3 Å². The van der Waals surface area contributed by atoms with Crippen molar-refractivity contribution >= 4 is 22.6 Å². The predicted molar refractivity (Wildman–Crippen MR) is 107 cm³/mol. The monoisotopic (exact) mass is 397 g/mol. The van der Waals surface area contributed by atoms with E-state index in [9.17, 15) is 14.0 Å². The standard InChI is InChI=1S/C21H17F2N3OS/c1-2-14-7-9-15(10-8-14)18-13-28-20(26-18)16(11-24)12-25-17-5-3-4-6-19(17)27-21(22)23/h3-10,12-13,21,25H,2H2,1H3. The Morgan fingerprint density at radius 2 is 2.00 bits per heavy atom. The van der Waals surface area contributed by atoms with Crippen LogP contribution in [0.5, 0.6) is 5.75 Å². The molecular formula is C21H17F2N3OS. The number of aryl methyl sites for hydroxylation is 1. The van der Waals surface area contributed by atoms with Gasteiger partial charge >= 0.3 is 6.61 Å². The second-order valence-corrected chi connectivity index (χ2v) is 6.64. The first-order chi connectivity index (χ1) is 13.6. The third-order valence-corrected chi connectivity index (χ3v) is 4.86. The Bertz CT molecular complexity index is 1010. The summed E-state index contributed by atoms with van der Waals surface area (Å²) in [6, 6.07) is 16.5. The zero-order chi connectivity index (χ0) is 19.9. The van der Waals surface area contributed by atoms with Crippen molar-refractivity contribution in [2.45, 2.75) is 20.0 Å². The van der Waals surface area contributed by atoms with Crippen molar-refractivity contribution < 1.29 is 13.5 Å². The number of halogens is 2. The van der Waals surface area contributed by atoms with Crippen LogP contribution in [0.4, 0.5) is 14.5 Å². The molecular weight excluding hydrogens is 380 g/mol. The first-order valence-corrected chi connectivity index (χ1v) is 9.44. The number of nitrogens with zero attached hydrogens (tertiary/aromatic N) is 2. The van der Waals surface area contributed by atoms with E-state index in [1.165, 1.54) is 29.2 Å². The average molecular weight is 397 g/mol. The molecule has 2 aromatic carbocycles. The first kappa shape index (κ1) is 19.5. The maximum Gasteiger partial charge on any atom is 0.387 e. The smallest absolute Gasteiger partial charge is 0.387 e. The molecule has 0 fully saturated rings. The Kier molecular flexibility index (Phi) is 6.35. The van der Waals surface area contributed by atoms with Crippen molar-refractivity contribution in [3.8, 4) is 23.1 Å². The van der Waals surface area contributed by atoms with Gasteiger partial charge in [-0.05, 0) is 24.1 Å². The highest BCUT2D eigenvalue weighted by Gasteiger charge is 2.11. The van der Waals surface area contributed by atoms with Crippen LogP contribution in [0.1, 0.15) is 17.5 Å². The lowest BCUT2D eigenvalue weighted by molar-refractivity contribution is -0.0493. The molecule has 0 unspecified atom stereocenters. The van der Waals surface area contributed by atoms with Crippen molar-refractivity contribution in [3.63, 3.8) is 0 Å². The summed E-state index contributed by atoms with van der Waals surface area (Å²) in [6.07, 6.45) is 2.41. The number of hydrogen-bond acceptors (Lipinski definition) is 5. The second-order valence-electron chi connectivity index (χ2n) is 5.78. The van der Waals surface area contributed by atoms with E-state index in [2.05, 4.69) is 40.2 Å². The molecule has 1 aromatic heterocycles. The Labute approximate surface area is 165 Å². The molecule has 0 saturated heterocycles. The zero-order valence-corrected chi connectivity index (χ0v) is 15.8. The Morgan fingerprint density at radius 1 is 1.25 bits per heavy atom. The molecule has 0 aliphatic rings. The fraction of sp³-hybridized carbons (Fsp3) is 0.143. The van der Waals surface area contributed by atoms with Gasteiger partial charge in [0.2, 0.25) is 0 Å². The van der Waals surface area contributed by atoms with Gasteiger partial charge in [0.25, 0.3) is 0 Å². The van der Waals surface area contributed by atoms with Crippen LogP contribution in [0.3, 0.4) is 0 Å². The summed E-state index contributed by atoms with van der Waals surface area (Å²) in [5, 5.41) is 14.8. The molecule has 1 heterocycles. The van der Waals surface area contributed by atoms with Crippen LogP contribution in [0.2, 0.25) is 0 Å². The summed E-state index contributed by atoms with van der Waals surface area (Å²) in [5.74, 6) is 0.00174. The molecule has 0 atom stereocenters. The van der Waals surface area contributed by atoms with Crippen molar-refractivity contribution in [3.05, 3.63) is 70.7 Å². The van der Waals surface area contributed by atoms with Crippen LogP contribution in [-0.2, 0) is 6.42 Å². The van der Waals surface area contributed by atoms with Gasteiger partial charge in [0.15, 0.2) is 0 Å². The number of thiazole rings is 1. The molecule has 3 aromatic rings. The van der Waals surface area contributed by atoms with Crippen LogP contribution in [0.15, 0.2) is 60.1 Å². The maximum absolute atomic E-state index is 12.5. The Balaban J connectivity index is 1.81. The number of benzene rings is 2. The number of nitriles is 1. The average Bonchev–Trinajstić information content (AvgIpc) is 3.19. The van der Waals surface area contributed by atoms with E-state index >= 15 is 0 Å². The number of nitrogens with one attached hydrogen (secondary N) is 1. The summed E-state index contributed by atoms with van der Waals surface area (Å²) in [7, 11) is 0. The lowest BCUT2D eigenvalue weighted by Crippen LogP contribution is -2.04. The minimum absolute atomic E-state index is 0.00174. The fourth-order valence-corrected chi connectivity index (χ4v) is 3.31. The van der Waals surface area contributed by atoms with Gasteiger partial charge in [-0.25, -0.2) is 4.98 Å². The van der Waals surface area contributed by atoms with Crippen molar-refractivity contribution in [1.29, 1.82) is 5.26 Å². The van der Waals surface area contributed by atoms with Crippen LogP contribution in [-0.4, -0.2) is 11.6 Å². The largest absolute Gasteiger partial charge is 0.433 e. The van der Waals surface area contributed by atoms with Crippen LogP contribution in [0, 0.1) is 11.3 Å². The molecule has 7 heteroatoms. The molecule has 28 heavy (non-hydrogen) atoms. The third-order valence-electron chi connectivity index (χ3n) is 3.99. The SMILES string of the molecule is CCc1ccc(-c2csc(C(C#N)=CNc3ccccc3OC(F)F)n2)cc1. The molecule has 0 amide bonds. The summed E-state index contributed by atoms with van der Waals surface area (Å²) < 4.78 is 29.5. The number of ether oxygens (including phenoxy) is 1. The molecule has 0 aliphatic carbocycles. The summed E-state index contributed by atoms with van der Waals surface area (Å²) in [5.41, 5.74) is 3.63. The van der Waals surface area contributed by atoms with Gasteiger partial charge in [-0.15, -0.1) is 11.3 Å². The number of para-hydroxylation sites is 2. The van der Waals surface area contributed by atoms with Gasteiger partial charge in [-0.3, -0.25) is 0 Å². The molecule has 3 rings (SSSR count). The lowest BCUT2D eigenvalue weighted by atomic mass is 10.1. The van der Waals surface area contributed by atoms with Crippen molar-refractivity contribution in [1.82, 2.24) is 4.98 Å².